The van der Waals surface area contributed by atoms with Crippen molar-refractivity contribution in [2.45, 2.75) is 31.8 Å². The molecule has 1 aliphatic heterocycles. The number of aryl methyl sites for hydroxylation is 1. The fraction of sp³-hybridized carbons (Fsp3) is 0.533. The van der Waals surface area contributed by atoms with Crippen molar-refractivity contribution >= 4 is 5.91 Å². The van der Waals surface area contributed by atoms with E-state index in [1.807, 2.05) is 4.90 Å². The van der Waals surface area contributed by atoms with Crippen molar-refractivity contribution < 1.29 is 9.53 Å². The van der Waals surface area contributed by atoms with Gasteiger partial charge in [0.15, 0.2) is 0 Å². The van der Waals surface area contributed by atoms with Crippen molar-refractivity contribution in [1.29, 1.82) is 0 Å². The first-order valence-electron chi connectivity index (χ1n) is 6.80. The van der Waals surface area contributed by atoms with Crippen LogP contribution >= 0.6 is 0 Å². The van der Waals surface area contributed by atoms with Gasteiger partial charge in [-0.3, -0.25) is 4.79 Å². The summed E-state index contributed by atoms with van der Waals surface area (Å²) in [7, 11) is 1.64. The molecular weight excluding hydrogens is 240 g/mol. The van der Waals surface area contributed by atoms with E-state index in [-0.39, 0.29) is 18.0 Å². The Bertz CT molecular complexity index is 430. The Labute approximate surface area is 114 Å². The fourth-order valence-corrected chi connectivity index (χ4v) is 2.65. The quantitative estimate of drug-likeness (QED) is 0.875. The average Bonchev–Trinajstić information content (AvgIpc) is 2.71. The number of nitrogens with zero attached hydrogens (tertiary/aromatic N) is 1. The van der Waals surface area contributed by atoms with Crippen LogP contribution in [0.2, 0.25) is 0 Å². The molecule has 4 heteroatoms. The third-order valence-corrected chi connectivity index (χ3v) is 3.74. The number of carbonyl (C=O) groups is 1. The molecule has 1 aliphatic rings. The van der Waals surface area contributed by atoms with Crippen LogP contribution in [0.1, 0.15) is 30.5 Å². The van der Waals surface area contributed by atoms with E-state index in [1.54, 1.807) is 7.11 Å². The number of amides is 1. The highest BCUT2D eigenvalue weighted by molar-refractivity contribution is 5.80. The Kier molecular flexibility index (Phi) is 4.56. The van der Waals surface area contributed by atoms with Crippen LogP contribution in [0, 0.1) is 0 Å². The summed E-state index contributed by atoms with van der Waals surface area (Å²) in [5.74, 6) is 0.120. The molecule has 0 spiro atoms. The van der Waals surface area contributed by atoms with E-state index in [9.17, 15) is 4.79 Å². The van der Waals surface area contributed by atoms with E-state index in [4.69, 9.17) is 10.5 Å². The molecule has 1 aromatic rings. The Balaban J connectivity index is 2.20. The van der Waals surface area contributed by atoms with Gasteiger partial charge in [0.25, 0.3) is 0 Å². The molecule has 4 nitrogen and oxygen atoms in total. The highest BCUT2D eigenvalue weighted by Crippen LogP contribution is 2.31. The van der Waals surface area contributed by atoms with Gasteiger partial charge in [-0.15, -0.1) is 0 Å². The Morgan fingerprint density at radius 2 is 2.05 bits per heavy atom. The van der Waals surface area contributed by atoms with Gasteiger partial charge in [-0.25, -0.2) is 0 Å². The maximum atomic E-state index is 12.0. The second-order valence-electron chi connectivity index (χ2n) is 4.99. The van der Waals surface area contributed by atoms with Crippen LogP contribution in [-0.4, -0.2) is 37.1 Å². The molecule has 1 fully saturated rings. The summed E-state index contributed by atoms with van der Waals surface area (Å²) in [6, 6.07) is 8.24. The number of carbonyl (C=O) groups excluding carboxylic acids is 1. The summed E-state index contributed by atoms with van der Waals surface area (Å²) in [6.07, 6.45) is 1.44. The van der Waals surface area contributed by atoms with Gasteiger partial charge in [-0.2, -0.15) is 0 Å². The van der Waals surface area contributed by atoms with Crippen molar-refractivity contribution in [3.63, 3.8) is 0 Å². The predicted octanol–water partition coefficient (Wildman–Crippen LogP) is 1.50. The second kappa shape index (κ2) is 6.17. The molecule has 1 amide bonds. The molecule has 19 heavy (non-hydrogen) atoms. The number of benzene rings is 1. The lowest BCUT2D eigenvalue weighted by Gasteiger charge is -2.27. The lowest BCUT2D eigenvalue weighted by Crippen LogP contribution is -2.35. The first-order chi connectivity index (χ1) is 9.17. The third kappa shape index (κ3) is 2.96. The minimum Gasteiger partial charge on any atom is -0.383 e. The zero-order valence-electron chi connectivity index (χ0n) is 11.6. The number of rotatable bonds is 5. The Hall–Kier alpha value is -1.39. The third-order valence-electron chi connectivity index (χ3n) is 3.74. The minimum absolute atomic E-state index is 0.0199. The molecule has 0 saturated carbocycles. The molecule has 0 aliphatic carbocycles. The SMILES string of the molecule is CCc1ccc(C2C(N)CC(=O)N2CCOC)cc1. The van der Waals surface area contributed by atoms with Crippen LogP contribution in [-0.2, 0) is 16.0 Å². The average molecular weight is 262 g/mol. The van der Waals surface area contributed by atoms with E-state index < -0.39 is 0 Å². The molecular formula is C15H22N2O2. The topological polar surface area (TPSA) is 55.6 Å². The highest BCUT2D eigenvalue weighted by Gasteiger charge is 2.38. The second-order valence-corrected chi connectivity index (χ2v) is 4.99. The fourth-order valence-electron chi connectivity index (χ4n) is 2.65. The molecule has 0 radical (unpaired) electrons. The monoisotopic (exact) mass is 262 g/mol. The Morgan fingerprint density at radius 1 is 1.37 bits per heavy atom. The molecule has 0 bridgehead atoms. The maximum absolute atomic E-state index is 12.0. The van der Waals surface area contributed by atoms with Gasteiger partial charge in [0.2, 0.25) is 5.91 Å². The molecule has 2 atom stereocenters. The van der Waals surface area contributed by atoms with Gasteiger partial charge in [0.1, 0.15) is 0 Å². The van der Waals surface area contributed by atoms with Crippen molar-refractivity contribution in [3.8, 4) is 0 Å². The predicted molar refractivity (Wildman–Crippen MR) is 74.7 cm³/mol. The first kappa shape index (κ1) is 14.0. The van der Waals surface area contributed by atoms with Crippen molar-refractivity contribution in [2.24, 2.45) is 5.73 Å². The van der Waals surface area contributed by atoms with Gasteiger partial charge >= 0.3 is 0 Å². The standard InChI is InChI=1S/C15H22N2O2/c1-3-11-4-6-12(7-5-11)15-13(16)10-14(18)17(15)8-9-19-2/h4-7,13,15H,3,8-10,16H2,1-2H3. The molecule has 2 rings (SSSR count). The molecule has 1 aromatic carbocycles. The molecule has 2 unspecified atom stereocenters. The molecule has 0 aromatic heterocycles. The lowest BCUT2D eigenvalue weighted by molar-refractivity contribution is -0.129. The molecule has 1 saturated heterocycles. The molecule has 1 heterocycles. The smallest absolute Gasteiger partial charge is 0.224 e. The van der Waals surface area contributed by atoms with E-state index in [1.165, 1.54) is 5.56 Å². The number of likely N-dealkylation sites (tertiary alicyclic amines) is 1. The summed E-state index contributed by atoms with van der Waals surface area (Å²) in [6.45, 7) is 3.27. The van der Waals surface area contributed by atoms with Crippen molar-refractivity contribution in [3.05, 3.63) is 35.4 Å². The van der Waals surface area contributed by atoms with Gasteiger partial charge in [0, 0.05) is 26.1 Å². The maximum Gasteiger partial charge on any atom is 0.224 e. The first-order valence-corrected chi connectivity index (χ1v) is 6.80. The van der Waals surface area contributed by atoms with Gasteiger partial charge in [0.05, 0.1) is 12.6 Å². The lowest BCUT2D eigenvalue weighted by atomic mass is 9.99. The molecule has 104 valence electrons. The number of hydrogen-bond donors (Lipinski definition) is 1. The van der Waals surface area contributed by atoms with Crippen LogP contribution < -0.4 is 5.73 Å². The van der Waals surface area contributed by atoms with Gasteiger partial charge < -0.3 is 15.4 Å². The zero-order chi connectivity index (χ0) is 13.8. The van der Waals surface area contributed by atoms with Crippen LogP contribution in [0.25, 0.3) is 0 Å². The van der Waals surface area contributed by atoms with E-state index in [2.05, 4.69) is 31.2 Å². The molecule has 2 N–H and O–H groups in total. The van der Waals surface area contributed by atoms with Crippen LogP contribution in [0.3, 0.4) is 0 Å². The van der Waals surface area contributed by atoms with E-state index in [0.29, 0.717) is 19.6 Å². The number of methoxy groups -OCH3 is 1. The Morgan fingerprint density at radius 3 is 2.63 bits per heavy atom. The van der Waals surface area contributed by atoms with Crippen LogP contribution in [0.15, 0.2) is 24.3 Å². The largest absolute Gasteiger partial charge is 0.383 e. The summed E-state index contributed by atoms with van der Waals surface area (Å²) < 4.78 is 5.07. The summed E-state index contributed by atoms with van der Waals surface area (Å²) in [4.78, 5) is 13.8. The minimum atomic E-state index is -0.128. The van der Waals surface area contributed by atoms with Crippen LogP contribution in [0.5, 0.6) is 0 Å². The van der Waals surface area contributed by atoms with Gasteiger partial charge in [-0.05, 0) is 17.5 Å². The number of ether oxygens (including phenoxy) is 1. The summed E-state index contributed by atoms with van der Waals surface area (Å²) >= 11 is 0. The van der Waals surface area contributed by atoms with E-state index in [0.717, 1.165) is 12.0 Å². The highest BCUT2D eigenvalue weighted by atomic mass is 16.5. The van der Waals surface area contributed by atoms with E-state index >= 15 is 0 Å². The normalized spacial score (nSPS) is 23.1. The zero-order valence-corrected chi connectivity index (χ0v) is 11.6. The summed E-state index contributed by atoms with van der Waals surface area (Å²) in [5, 5.41) is 0. The van der Waals surface area contributed by atoms with Crippen molar-refractivity contribution in [2.75, 3.05) is 20.3 Å². The summed E-state index contributed by atoms with van der Waals surface area (Å²) in [5.41, 5.74) is 8.54. The van der Waals surface area contributed by atoms with Gasteiger partial charge in [-0.1, -0.05) is 31.2 Å². The number of hydrogen-bond acceptors (Lipinski definition) is 3. The van der Waals surface area contributed by atoms with Crippen molar-refractivity contribution in [1.82, 2.24) is 4.90 Å². The number of nitrogens with two attached hydrogens (primary N) is 1. The van der Waals surface area contributed by atoms with Crippen LogP contribution in [0.4, 0.5) is 0 Å².